The predicted octanol–water partition coefficient (Wildman–Crippen LogP) is 0.594. The quantitative estimate of drug-likeness (QED) is 0.603. The molecule has 0 aromatic carbocycles. The van der Waals surface area contributed by atoms with Crippen molar-refractivity contribution in [2.75, 3.05) is 19.6 Å². The fourth-order valence-corrected chi connectivity index (χ4v) is 1.59. The Bertz CT molecular complexity index is 87.3. The maximum atomic E-state index is 3.45. The standard InChI is InChI=1S/C8H18N2/c1-3-10-7(2)8-4-5-9-6-8/h7-10H,3-6H2,1-2H3/t7-,8-/m1/s1. The van der Waals surface area contributed by atoms with E-state index in [4.69, 9.17) is 0 Å². The lowest BCUT2D eigenvalue weighted by atomic mass is 10.0. The minimum absolute atomic E-state index is 0.694. The fraction of sp³-hybridized carbons (Fsp3) is 1.00. The summed E-state index contributed by atoms with van der Waals surface area (Å²) in [7, 11) is 0. The van der Waals surface area contributed by atoms with Gasteiger partial charge in [0, 0.05) is 6.04 Å². The maximum Gasteiger partial charge on any atom is 0.00794 e. The Morgan fingerprint density at radius 2 is 2.50 bits per heavy atom. The molecule has 1 aliphatic heterocycles. The molecule has 0 aliphatic carbocycles. The van der Waals surface area contributed by atoms with Crippen molar-refractivity contribution < 1.29 is 0 Å². The van der Waals surface area contributed by atoms with Gasteiger partial charge in [-0.2, -0.15) is 0 Å². The number of hydrogen-bond donors (Lipinski definition) is 2. The molecule has 2 nitrogen and oxygen atoms in total. The Labute approximate surface area is 63.4 Å². The second-order valence-electron chi connectivity index (χ2n) is 3.10. The molecule has 1 heterocycles. The van der Waals surface area contributed by atoms with E-state index in [9.17, 15) is 0 Å². The fourth-order valence-electron chi connectivity index (χ4n) is 1.59. The Morgan fingerprint density at radius 1 is 1.70 bits per heavy atom. The van der Waals surface area contributed by atoms with Crippen LogP contribution in [0.15, 0.2) is 0 Å². The second-order valence-corrected chi connectivity index (χ2v) is 3.10. The highest BCUT2D eigenvalue weighted by Crippen LogP contribution is 2.11. The first-order valence-electron chi connectivity index (χ1n) is 4.28. The molecule has 2 N–H and O–H groups in total. The van der Waals surface area contributed by atoms with Crippen LogP contribution in [0.1, 0.15) is 20.3 Å². The maximum absolute atomic E-state index is 3.45. The Balaban J connectivity index is 2.18. The van der Waals surface area contributed by atoms with Gasteiger partial charge in [0.15, 0.2) is 0 Å². The average molecular weight is 142 g/mol. The molecular formula is C8H18N2. The van der Waals surface area contributed by atoms with Crippen molar-refractivity contribution in [3.8, 4) is 0 Å². The van der Waals surface area contributed by atoms with Crippen molar-refractivity contribution in [3.63, 3.8) is 0 Å². The van der Waals surface area contributed by atoms with Crippen LogP contribution in [-0.2, 0) is 0 Å². The molecule has 1 rings (SSSR count). The lowest BCUT2D eigenvalue weighted by Crippen LogP contribution is -2.34. The van der Waals surface area contributed by atoms with Crippen molar-refractivity contribution in [1.82, 2.24) is 10.6 Å². The molecular weight excluding hydrogens is 124 g/mol. The zero-order valence-corrected chi connectivity index (χ0v) is 6.98. The van der Waals surface area contributed by atoms with E-state index in [1.165, 1.54) is 19.5 Å². The highest BCUT2D eigenvalue weighted by molar-refractivity contribution is 4.79. The van der Waals surface area contributed by atoms with E-state index >= 15 is 0 Å². The number of rotatable bonds is 3. The molecule has 1 fully saturated rings. The van der Waals surface area contributed by atoms with Crippen LogP contribution in [0.3, 0.4) is 0 Å². The smallest absolute Gasteiger partial charge is 0.00794 e. The molecule has 0 aromatic heterocycles. The summed E-state index contributed by atoms with van der Waals surface area (Å²) in [6, 6.07) is 0.694. The lowest BCUT2D eigenvalue weighted by Gasteiger charge is -2.18. The summed E-state index contributed by atoms with van der Waals surface area (Å²) in [5.41, 5.74) is 0. The topological polar surface area (TPSA) is 24.1 Å². The van der Waals surface area contributed by atoms with Gasteiger partial charge >= 0.3 is 0 Å². The Morgan fingerprint density at radius 3 is 3.00 bits per heavy atom. The average Bonchev–Trinajstić information content (AvgIpc) is 2.38. The molecule has 0 aromatic rings. The number of hydrogen-bond acceptors (Lipinski definition) is 2. The molecule has 60 valence electrons. The molecule has 0 amide bonds. The molecule has 0 spiro atoms. The number of nitrogens with one attached hydrogen (secondary N) is 2. The molecule has 2 atom stereocenters. The van der Waals surface area contributed by atoms with E-state index in [1.807, 2.05) is 0 Å². The molecule has 0 saturated carbocycles. The molecule has 1 aliphatic rings. The predicted molar refractivity (Wildman–Crippen MR) is 44.1 cm³/mol. The summed E-state index contributed by atoms with van der Waals surface area (Å²) < 4.78 is 0. The molecule has 0 radical (unpaired) electrons. The minimum atomic E-state index is 0.694. The summed E-state index contributed by atoms with van der Waals surface area (Å²) >= 11 is 0. The zero-order chi connectivity index (χ0) is 7.40. The van der Waals surface area contributed by atoms with Crippen LogP contribution in [0, 0.1) is 5.92 Å². The third kappa shape index (κ3) is 1.96. The highest BCUT2D eigenvalue weighted by Gasteiger charge is 2.19. The van der Waals surface area contributed by atoms with E-state index in [0.717, 1.165) is 12.5 Å². The van der Waals surface area contributed by atoms with Gasteiger partial charge in [-0.05, 0) is 38.9 Å². The van der Waals surface area contributed by atoms with E-state index in [-0.39, 0.29) is 0 Å². The lowest BCUT2D eigenvalue weighted by molar-refractivity contribution is 0.408. The van der Waals surface area contributed by atoms with Crippen LogP contribution >= 0.6 is 0 Å². The monoisotopic (exact) mass is 142 g/mol. The van der Waals surface area contributed by atoms with Gasteiger partial charge in [0.25, 0.3) is 0 Å². The van der Waals surface area contributed by atoms with E-state index in [0.29, 0.717) is 6.04 Å². The van der Waals surface area contributed by atoms with Crippen LogP contribution in [0.5, 0.6) is 0 Å². The van der Waals surface area contributed by atoms with E-state index < -0.39 is 0 Å². The first-order valence-corrected chi connectivity index (χ1v) is 4.28. The van der Waals surface area contributed by atoms with Crippen molar-refractivity contribution in [3.05, 3.63) is 0 Å². The molecule has 0 unspecified atom stereocenters. The summed E-state index contributed by atoms with van der Waals surface area (Å²) in [6.07, 6.45) is 1.34. The van der Waals surface area contributed by atoms with Gasteiger partial charge in [-0.3, -0.25) is 0 Å². The molecule has 0 bridgehead atoms. The first kappa shape index (κ1) is 8.02. The van der Waals surface area contributed by atoms with Crippen molar-refractivity contribution in [1.29, 1.82) is 0 Å². The largest absolute Gasteiger partial charge is 0.316 e. The van der Waals surface area contributed by atoms with Gasteiger partial charge in [0.1, 0.15) is 0 Å². The van der Waals surface area contributed by atoms with Gasteiger partial charge in [0.05, 0.1) is 0 Å². The summed E-state index contributed by atoms with van der Waals surface area (Å²) in [5.74, 6) is 0.861. The summed E-state index contributed by atoms with van der Waals surface area (Å²) in [5, 5.41) is 6.82. The van der Waals surface area contributed by atoms with Crippen LogP contribution < -0.4 is 10.6 Å². The van der Waals surface area contributed by atoms with Crippen molar-refractivity contribution in [2.45, 2.75) is 26.3 Å². The summed E-state index contributed by atoms with van der Waals surface area (Å²) in [6.45, 7) is 7.95. The summed E-state index contributed by atoms with van der Waals surface area (Å²) in [4.78, 5) is 0. The Kier molecular flexibility index (Phi) is 3.16. The van der Waals surface area contributed by atoms with Gasteiger partial charge in [0.2, 0.25) is 0 Å². The van der Waals surface area contributed by atoms with Crippen LogP contribution in [0.2, 0.25) is 0 Å². The van der Waals surface area contributed by atoms with Crippen LogP contribution in [0.4, 0.5) is 0 Å². The van der Waals surface area contributed by atoms with Crippen molar-refractivity contribution >= 4 is 0 Å². The second kappa shape index (κ2) is 3.94. The third-order valence-electron chi connectivity index (χ3n) is 2.33. The van der Waals surface area contributed by atoms with Gasteiger partial charge in [-0.1, -0.05) is 6.92 Å². The first-order chi connectivity index (χ1) is 4.84. The van der Waals surface area contributed by atoms with Gasteiger partial charge in [-0.25, -0.2) is 0 Å². The zero-order valence-electron chi connectivity index (χ0n) is 6.98. The normalized spacial score (nSPS) is 28.8. The van der Waals surface area contributed by atoms with E-state index in [1.54, 1.807) is 0 Å². The molecule has 2 heteroatoms. The highest BCUT2D eigenvalue weighted by atomic mass is 15.0. The Hall–Kier alpha value is -0.0800. The van der Waals surface area contributed by atoms with Gasteiger partial charge in [-0.15, -0.1) is 0 Å². The van der Waals surface area contributed by atoms with Crippen molar-refractivity contribution in [2.24, 2.45) is 5.92 Å². The van der Waals surface area contributed by atoms with Crippen LogP contribution in [0.25, 0.3) is 0 Å². The third-order valence-corrected chi connectivity index (χ3v) is 2.33. The SMILES string of the molecule is CCN[C@H](C)[C@@H]1CCNC1. The van der Waals surface area contributed by atoms with E-state index in [2.05, 4.69) is 24.5 Å². The minimum Gasteiger partial charge on any atom is -0.316 e. The van der Waals surface area contributed by atoms with Gasteiger partial charge < -0.3 is 10.6 Å². The molecule has 1 saturated heterocycles. The van der Waals surface area contributed by atoms with Crippen LogP contribution in [-0.4, -0.2) is 25.7 Å². The molecule has 10 heavy (non-hydrogen) atoms.